The lowest BCUT2D eigenvalue weighted by Crippen LogP contribution is -2.41. The lowest BCUT2D eigenvalue weighted by molar-refractivity contribution is 0.0845. The van der Waals surface area contributed by atoms with Gasteiger partial charge in [0.2, 0.25) is 0 Å². The van der Waals surface area contributed by atoms with Crippen molar-refractivity contribution >= 4 is 23.6 Å². The number of ether oxygens (including phenoxy) is 3. The molecule has 0 radical (unpaired) electrons. The van der Waals surface area contributed by atoms with Crippen molar-refractivity contribution in [2.45, 2.75) is 43.6 Å². The van der Waals surface area contributed by atoms with E-state index in [1.807, 2.05) is 12.1 Å². The predicted molar refractivity (Wildman–Crippen MR) is 124 cm³/mol. The first-order valence-corrected chi connectivity index (χ1v) is 11.9. The number of carbonyl (C=O) groups is 2. The van der Waals surface area contributed by atoms with Gasteiger partial charge < -0.3 is 14.2 Å². The summed E-state index contributed by atoms with van der Waals surface area (Å²) in [5, 5.41) is 0. The number of nitrogens with one attached hydrogen (secondary N) is 2. The van der Waals surface area contributed by atoms with Gasteiger partial charge in [-0.2, -0.15) is 0 Å². The van der Waals surface area contributed by atoms with Crippen LogP contribution >= 0.6 is 11.8 Å². The van der Waals surface area contributed by atoms with Crippen LogP contribution in [0.15, 0.2) is 47.4 Å². The minimum absolute atomic E-state index is 0.222. The lowest BCUT2D eigenvalue weighted by Gasteiger charge is -2.14. The number of hydrazine groups is 1. The number of carbonyl (C=O) groups excluding carboxylic acids is 2. The molecular weight excluding hydrogens is 428 g/mol. The van der Waals surface area contributed by atoms with Gasteiger partial charge in [-0.05, 0) is 49.6 Å². The smallest absolute Gasteiger partial charge is 0.270 e. The molecule has 1 aliphatic rings. The number of unbranched alkanes of at least 4 members (excludes halogenated alkanes) is 1. The normalized spacial score (nSPS) is 15.2. The van der Waals surface area contributed by atoms with E-state index >= 15 is 0 Å². The maximum atomic E-state index is 12.7. The first-order chi connectivity index (χ1) is 15.6. The predicted octanol–water partition coefficient (Wildman–Crippen LogP) is 4.22. The fourth-order valence-corrected chi connectivity index (χ4v) is 4.37. The summed E-state index contributed by atoms with van der Waals surface area (Å²) in [4.78, 5) is 26.1. The molecule has 2 N–H and O–H groups in total. The van der Waals surface area contributed by atoms with Crippen LogP contribution < -0.4 is 20.3 Å². The van der Waals surface area contributed by atoms with Crippen LogP contribution in [0.5, 0.6) is 11.5 Å². The number of hydrogen-bond donors (Lipinski definition) is 2. The fraction of sp³-hybridized carbons (Fsp3) is 0.417. The molecule has 0 spiro atoms. The van der Waals surface area contributed by atoms with E-state index in [9.17, 15) is 9.59 Å². The first kappa shape index (κ1) is 23.9. The first-order valence-electron chi connectivity index (χ1n) is 10.9. The molecule has 8 heteroatoms. The second-order valence-electron chi connectivity index (χ2n) is 7.42. The molecule has 172 valence electrons. The van der Waals surface area contributed by atoms with Crippen LogP contribution in [0.1, 0.15) is 53.3 Å². The van der Waals surface area contributed by atoms with Crippen molar-refractivity contribution in [3.8, 4) is 11.5 Å². The van der Waals surface area contributed by atoms with E-state index in [-0.39, 0.29) is 12.0 Å². The molecule has 2 aromatic rings. The largest absolute Gasteiger partial charge is 0.493 e. The number of benzene rings is 2. The quantitative estimate of drug-likeness (QED) is 0.315. The van der Waals surface area contributed by atoms with Gasteiger partial charge in [0, 0.05) is 22.8 Å². The van der Waals surface area contributed by atoms with Crippen LogP contribution in [0.4, 0.5) is 0 Å². The van der Waals surface area contributed by atoms with Crippen LogP contribution in [-0.2, 0) is 4.74 Å². The van der Waals surface area contributed by atoms with Gasteiger partial charge in [-0.3, -0.25) is 20.4 Å². The van der Waals surface area contributed by atoms with Gasteiger partial charge in [-0.15, -0.1) is 11.8 Å². The zero-order chi connectivity index (χ0) is 22.8. The molecule has 0 aliphatic carbocycles. The molecule has 1 aliphatic heterocycles. The summed E-state index contributed by atoms with van der Waals surface area (Å²) in [6.07, 6.45) is 4.31. The van der Waals surface area contributed by atoms with Gasteiger partial charge in [0.1, 0.15) is 0 Å². The monoisotopic (exact) mass is 458 g/mol. The van der Waals surface area contributed by atoms with Gasteiger partial charge in [0.15, 0.2) is 11.5 Å². The van der Waals surface area contributed by atoms with Crippen molar-refractivity contribution in [2.24, 2.45) is 0 Å². The van der Waals surface area contributed by atoms with Gasteiger partial charge in [0.05, 0.1) is 25.4 Å². The summed E-state index contributed by atoms with van der Waals surface area (Å²) in [7, 11) is 1.52. The Kier molecular flexibility index (Phi) is 9.25. The van der Waals surface area contributed by atoms with Gasteiger partial charge in [0.25, 0.3) is 11.8 Å². The summed E-state index contributed by atoms with van der Waals surface area (Å²) in [5.41, 5.74) is 5.84. The Balaban J connectivity index is 1.58. The highest BCUT2D eigenvalue weighted by molar-refractivity contribution is 7.99. The molecule has 2 amide bonds. The molecule has 0 saturated carbocycles. The Labute approximate surface area is 193 Å². The van der Waals surface area contributed by atoms with Crippen LogP contribution in [-0.4, -0.2) is 44.0 Å². The standard InChI is InChI=1S/C24H30N2O5S/c1-3-4-13-31-20-12-11-17(15-21(20)29-2)23(27)25-26-24(28)19-9-5-6-10-22(19)32-16-18-8-7-14-30-18/h5-6,9-12,15,18H,3-4,7-8,13-14,16H2,1-2H3,(H,25,27)(H,26,28). The van der Waals surface area contributed by atoms with Crippen molar-refractivity contribution in [2.75, 3.05) is 26.1 Å². The van der Waals surface area contributed by atoms with Crippen molar-refractivity contribution in [3.63, 3.8) is 0 Å². The van der Waals surface area contributed by atoms with E-state index in [4.69, 9.17) is 14.2 Å². The molecule has 0 aromatic heterocycles. The highest BCUT2D eigenvalue weighted by atomic mass is 32.2. The summed E-state index contributed by atoms with van der Waals surface area (Å²) >= 11 is 1.59. The van der Waals surface area contributed by atoms with Crippen molar-refractivity contribution in [3.05, 3.63) is 53.6 Å². The molecule has 1 saturated heterocycles. The number of methoxy groups -OCH3 is 1. The van der Waals surface area contributed by atoms with E-state index in [2.05, 4.69) is 17.8 Å². The number of hydrogen-bond acceptors (Lipinski definition) is 6. The third-order valence-electron chi connectivity index (χ3n) is 5.05. The van der Waals surface area contributed by atoms with E-state index in [0.29, 0.717) is 29.2 Å². The summed E-state index contributed by atoms with van der Waals surface area (Å²) in [6, 6.07) is 12.3. The maximum absolute atomic E-state index is 12.7. The number of rotatable bonds is 10. The SMILES string of the molecule is CCCCOc1ccc(C(=O)NNC(=O)c2ccccc2SCC2CCCO2)cc1OC. The molecule has 2 aromatic carbocycles. The third kappa shape index (κ3) is 6.64. The van der Waals surface area contributed by atoms with Crippen molar-refractivity contribution in [1.82, 2.24) is 10.9 Å². The molecule has 1 heterocycles. The number of thioether (sulfide) groups is 1. The average molecular weight is 459 g/mol. The second kappa shape index (κ2) is 12.4. The van der Waals surface area contributed by atoms with Gasteiger partial charge in [-0.1, -0.05) is 25.5 Å². The van der Waals surface area contributed by atoms with E-state index in [1.54, 1.807) is 42.1 Å². The van der Waals surface area contributed by atoms with Crippen LogP contribution in [0.25, 0.3) is 0 Å². The Morgan fingerprint density at radius 1 is 1.12 bits per heavy atom. The maximum Gasteiger partial charge on any atom is 0.270 e. The van der Waals surface area contributed by atoms with Crippen molar-refractivity contribution in [1.29, 1.82) is 0 Å². The summed E-state index contributed by atoms with van der Waals surface area (Å²) in [6.45, 7) is 3.47. The van der Waals surface area contributed by atoms with E-state index in [0.717, 1.165) is 42.9 Å². The molecule has 7 nitrogen and oxygen atoms in total. The minimum atomic E-state index is -0.443. The molecule has 32 heavy (non-hydrogen) atoms. The molecule has 3 rings (SSSR count). The topological polar surface area (TPSA) is 85.9 Å². The molecule has 0 bridgehead atoms. The Hall–Kier alpha value is -2.71. The summed E-state index contributed by atoms with van der Waals surface area (Å²) in [5.74, 6) is 1.03. The van der Waals surface area contributed by atoms with Gasteiger partial charge >= 0.3 is 0 Å². The van der Waals surface area contributed by atoms with Crippen LogP contribution in [0, 0.1) is 0 Å². The number of amides is 2. The summed E-state index contributed by atoms with van der Waals surface area (Å²) < 4.78 is 16.7. The zero-order valence-electron chi connectivity index (χ0n) is 18.5. The zero-order valence-corrected chi connectivity index (χ0v) is 19.3. The Bertz CT molecular complexity index is 915. The van der Waals surface area contributed by atoms with E-state index in [1.165, 1.54) is 7.11 Å². The average Bonchev–Trinajstić information content (AvgIpc) is 3.35. The Morgan fingerprint density at radius 2 is 1.94 bits per heavy atom. The second-order valence-corrected chi connectivity index (χ2v) is 8.48. The minimum Gasteiger partial charge on any atom is -0.493 e. The fourth-order valence-electron chi connectivity index (χ4n) is 3.25. The molecular formula is C24H30N2O5S. The highest BCUT2D eigenvalue weighted by Gasteiger charge is 2.18. The highest BCUT2D eigenvalue weighted by Crippen LogP contribution is 2.29. The molecule has 1 unspecified atom stereocenters. The van der Waals surface area contributed by atoms with E-state index < -0.39 is 5.91 Å². The third-order valence-corrected chi connectivity index (χ3v) is 6.26. The van der Waals surface area contributed by atoms with Crippen LogP contribution in [0.3, 0.4) is 0 Å². The molecule has 1 atom stereocenters. The Morgan fingerprint density at radius 3 is 2.69 bits per heavy atom. The molecule has 1 fully saturated rings. The van der Waals surface area contributed by atoms with Crippen LogP contribution in [0.2, 0.25) is 0 Å². The van der Waals surface area contributed by atoms with Crippen molar-refractivity contribution < 1.29 is 23.8 Å². The van der Waals surface area contributed by atoms with Gasteiger partial charge in [-0.25, -0.2) is 0 Å². The lowest BCUT2D eigenvalue weighted by atomic mass is 10.2.